The maximum Gasteiger partial charge on any atom is 0.305 e. The minimum Gasteiger partial charge on any atom is -0.469 e. The highest BCUT2D eigenvalue weighted by Gasteiger charge is 2.09. The van der Waals surface area contributed by atoms with Crippen LogP contribution in [0.5, 0.6) is 0 Å². The Morgan fingerprint density at radius 3 is 3.00 bits per heavy atom. The topological polar surface area (TPSA) is 65.5 Å². The Kier molecular flexibility index (Phi) is 4.79. The van der Waals surface area contributed by atoms with E-state index in [1.807, 2.05) is 25.1 Å². The molecule has 0 spiro atoms. The molecule has 88 valence electrons. The first kappa shape index (κ1) is 12.5. The molecule has 1 aromatic heterocycles. The molecule has 0 amide bonds. The average Bonchev–Trinajstić information content (AvgIpc) is 2.77. The van der Waals surface area contributed by atoms with Gasteiger partial charge in [0.25, 0.3) is 0 Å². The van der Waals surface area contributed by atoms with Crippen LogP contribution in [0, 0.1) is 0 Å². The van der Waals surface area contributed by atoms with Crippen LogP contribution in [0.4, 0.5) is 0 Å². The second-order valence-electron chi connectivity index (χ2n) is 3.63. The monoisotopic (exact) mass is 223 g/mol. The Hall–Kier alpha value is -1.55. The summed E-state index contributed by atoms with van der Waals surface area (Å²) < 4.78 is 9.73. The molecule has 0 saturated heterocycles. The number of hydrogen-bond acceptors (Lipinski definition) is 4. The first-order chi connectivity index (χ1) is 7.63. The zero-order chi connectivity index (χ0) is 12.0. The maximum atomic E-state index is 10.9. The van der Waals surface area contributed by atoms with Gasteiger partial charge in [-0.1, -0.05) is 5.57 Å². The van der Waals surface area contributed by atoms with Gasteiger partial charge in [-0.05, 0) is 31.6 Å². The SMILES string of the molecule is COC(=O)CCC(N)/C(C)=C/c1ccco1. The lowest BCUT2D eigenvalue weighted by Gasteiger charge is -2.10. The normalized spacial score (nSPS) is 13.6. The Labute approximate surface area is 95.1 Å². The molecule has 0 radical (unpaired) electrons. The highest BCUT2D eigenvalue weighted by molar-refractivity contribution is 5.69. The summed E-state index contributed by atoms with van der Waals surface area (Å²) in [5, 5.41) is 0. The first-order valence-corrected chi connectivity index (χ1v) is 5.17. The van der Waals surface area contributed by atoms with Crippen LogP contribution in [-0.4, -0.2) is 19.1 Å². The molecule has 0 aromatic carbocycles. The molecule has 0 aliphatic carbocycles. The van der Waals surface area contributed by atoms with Crippen molar-refractivity contribution in [3.63, 3.8) is 0 Å². The zero-order valence-electron chi connectivity index (χ0n) is 9.60. The lowest BCUT2D eigenvalue weighted by atomic mass is 10.0. The molecule has 16 heavy (non-hydrogen) atoms. The van der Waals surface area contributed by atoms with Crippen LogP contribution in [0.2, 0.25) is 0 Å². The van der Waals surface area contributed by atoms with Gasteiger partial charge in [-0.3, -0.25) is 4.79 Å². The maximum absolute atomic E-state index is 10.9. The summed E-state index contributed by atoms with van der Waals surface area (Å²) in [4.78, 5) is 10.9. The second kappa shape index (κ2) is 6.12. The van der Waals surface area contributed by atoms with Crippen LogP contribution in [-0.2, 0) is 9.53 Å². The van der Waals surface area contributed by atoms with Gasteiger partial charge in [0.15, 0.2) is 0 Å². The zero-order valence-corrected chi connectivity index (χ0v) is 9.60. The molecule has 1 unspecified atom stereocenters. The summed E-state index contributed by atoms with van der Waals surface area (Å²) in [6.45, 7) is 1.92. The smallest absolute Gasteiger partial charge is 0.305 e. The summed E-state index contributed by atoms with van der Waals surface area (Å²) >= 11 is 0. The van der Waals surface area contributed by atoms with Crippen molar-refractivity contribution in [1.29, 1.82) is 0 Å². The predicted molar refractivity (Wildman–Crippen MR) is 61.6 cm³/mol. The number of ether oxygens (including phenoxy) is 1. The van der Waals surface area contributed by atoms with Gasteiger partial charge in [-0.15, -0.1) is 0 Å². The van der Waals surface area contributed by atoms with E-state index in [9.17, 15) is 4.79 Å². The number of carbonyl (C=O) groups excluding carboxylic acids is 1. The van der Waals surface area contributed by atoms with Crippen molar-refractivity contribution in [3.05, 3.63) is 29.7 Å². The van der Waals surface area contributed by atoms with E-state index in [0.29, 0.717) is 12.8 Å². The van der Waals surface area contributed by atoms with Crippen LogP contribution in [0.25, 0.3) is 6.08 Å². The van der Waals surface area contributed by atoms with E-state index in [-0.39, 0.29) is 12.0 Å². The van der Waals surface area contributed by atoms with Gasteiger partial charge in [-0.2, -0.15) is 0 Å². The van der Waals surface area contributed by atoms with Gasteiger partial charge in [0.05, 0.1) is 13.4 Å². The van der Waals surface area contributed by atoms with E-state index < -0.39 is 0 Å². The largest absolute Gasteiger partial charge is 0.469 e. The molecular weight excluding hydrogens is 206 g/mol. The fourth-order valence-electron chi connectivity index (χ4n) is 1.31. The van der Waals surface area contributed by atoms with Gasteiger partial charge in [-0.25, -0.2) is 0 Å². The van der Waals surface area contributed by atoms with E-state index in [0.717, 1.165) is 11.3 Å². The molecule has 0 bridgehead atoms. The van der Waals surface area contributed by atoms with Crippen molar-refractivity contribution in [2.45, 2.75) is 25.8 Å². The van der Waals surface area contributed by atoms with Crippen molar-refractivity contribution in [3.8, 4) is 0 Å². The lowest BCUT2D eigenvalue weighted by Crippen LogP contribution is -2.22. The predicted octanol–water partition coefficient (Wildman–Crippen LogP) is 1.96. The second-order valence-corrected chi connectivity index (χ2v) is 3.63. The minimum atomic E-state index is -0.235. The first-order valence-electron chi connectivity index (χ1n) is 5.17. The third-order valence-electron chi connectivity index (χ3n) is 2.39. The van der Waals surface area contributed by atoms with E-state index in [1.54, 1.807) is 6.26 Å². The van der Waals surface area contributed by atoms with E-state index >= 15 is 0 Å². The van der Waals surface area contributed by atoms with E-state index in [2.05, 4.69) is 4.74 Å². The Balaban J connectivity index is 2.47. The molecule has 1 aromatic rings. The Bertz CT molecular complexity index is 354. The molecule has 0 saturated carbocycles. The summed E-state index contributed by atoms with van der Waals surface area (Å²) in [6.07, 6.45) is 4.40. The number of furan rings is 1. The van der Waals surface area contributed by atoms with Crippen molar-refractivity contribution in [1.82, 2.24) is 0 Å². The van der Waals surface area contributed by atoms with Gasteiger partial charge >= 0.3 is 5.97 Å². The van der Waals surface area contributed by atoms with Crippen LogP contribution in [0.3, 0.4) is 0 Å². The fraction of sp³-hybridized carbons (Fsp3) is 0.417. The van der Waals surface area contributed by atoms with Crippen molar-refractivity contribution in [2.75, 3.05) is 7.11 Å². The summed E-state index contributed by atoms with van der Waals surface area (Å²) in [6, 6.07) is 3.53. The van der Waals surface area contributed by atoms with Crippen LogP contribution >= 0.6 is 0 Å². The van der Waals surface area contributed by atoms with Crippen molar-refractivity contribution < 1.29 is 13.9 Å². The Morgan fingerprint density at radius 1 is 1.69 bits per heavy atom. The minimum absolute atomic E-state index is 0.149. The van der Waals surface area contributed by atoms with Gasteiger partial charge in [0.2, 0.25) is 0 Å². The molecule has 2 N–H and O–H groups in total. The third-order valence-corrected chi connectivity index (χ3v) is 2.39. The molecule has 4 nitrogen and oxygen atoms in total. The molecule has 1 atom stereocenters. The number of esters is 1. The van der Waals surface area contributed by atoms with Gasteiger partial charge in [0, 0.05) is 12.5 Å². The number of methoxy groups -OCH3 is 1. The van der Waals surface area contributed by atoms with Crippen LogP contribution in [0.1, 0.15) is 25.5 Å². The fourth-order valence-corrected chi connectivity index (χ4v) is 1.31. The van der Waals surface area contributed by atoms with Gasteiger partial charge in [0.1, 0.15) is 5.76 Å². The number of rotatable bonds is 5. The molecular formula is C12H17NO3. The average molecular weight is 223 g/mol. The standard InChI is InChI=1S/C12H17NO3/c1-9(8-10-4-3-7-16-10)11(13)5-6-12(14)15-2/h3-4,7-8,11H,5-6,13H2,1-2H3/b9-8+. The molecule has 1 rings (SSSR count). The number of carbonyl (C=O) groups is 1. The molecule has 0 aliphatic rings. The Morgan fingerprint density at radius 2 is 2.44 bits per heavy atom. The third kappa shape index (κ3) is 3.90. The van der Waals surface area contributed by atoms with Crippen molar-refractivity contribution in [2.24, 2.45) is 5.73 Å². The quantitative estimate of drug-likeness (QED) is 0.775. The van der Waals surface area contributed by atoms with Crippen molar-refractivity contribution >= 4 is 12.0 Å². The number of nitrogens with two attached hydrogens (primary N) is 1. The summed E-state index contributed by atoms with van der Waals surface area (Å²) in [5.41, 5.74) is 6.90. The van der Waals surface area contributed by atoms with Gasteiger partial charge < -0.3 is 14.9 Å². The highest BCUT2D eigenvalue weighted by Crippen LogP contribution is 2.12. The van der Waals surface area contributed by atoms with E-state index in [4.69, 9.17) is 10.2 Å². The van der Waals surface area contributed by atoms with Crippen LogP contribution < -0.4 is 5.73 Å². The molecule has 0 fully saturated rings. The highest BCUT2D eigenvalue weighted by atomic mass is 16.5. The summed E-state index contributed by atoms with van der Waals surface area (Å²) in [5.74, 6) is 0.535. The molecule has 4 heteroatoms. The lowest BCUT2D eigenvalue weighted by molar-refractivity contribution is -0.140. The molecule has 1 heterocycles. The van der Waals surface area contributed by atoms with E-state index in [1.165, 1.54) is 7.11 Å². The number of hydrogen-bond donors (Lipinski definition) is 1. The van der Waals surface area contributed by atoms with Crippen LogP contribution in [0.15, 0.2) is 28.4 Å². The molecule has 0 aliphatic heterocycles. The summed E-state index contributed by atoms with van der Waals surface area (Å²) in [7, 11) is 1.37.